The number of nitrogens with zero attached hydrogens (tertiary/aromatic N) is 1. The minimum atomic E-state index is -0.874. The quantitative estimate of drug-likeness (QED) is 0.508. The highest BCUT2D eigenvalue weighted by molar-refractivity contribution is 6.30. The average Bonchev–Trinajstić information content (AvgIpc) is 3.62. The lowest BCUT2D eigenvalue weighted by atomic mass is 10.0. The van der Waals surface area contributed by atoms with E-state index in [1.165, 1.54) is 11.2 Å². The van der Waals surface area contributed by atoms with Gasteiger partial charge in [0.05, 0.1) is 6.26 Å². The van der Waals surface area contributed by atoms with Crippen LogP contribution >= 0.6 is 11.6 Å². The molecular weight excluding hydrogens is 456 g/mol. The van der Waals surface area contributed by atoms with E-state index in [9.17, 15) is 9.59 Å². The summed E-state index contributed by atoms with van der Waals surface area (Å²) in [6.45, 7) is 0.326. The van der Waals surface area contributed by atoms with Crippen LogP contribution in [-0.2, 0) is 11.3 Å². The Labute approximate surface area is 202 Å². The molecule has 0 bridgehead atoms. The Hall–Kier alpha value is -3.45. The smallest absolute Gasteiger partial charge is 0.290 e. The maximum absolute atomic E-state index is 13.7. The van der Waals surface area contributed by atoms with Crippen LogP contribution in [0.25, 0.3) is 0 Å². The van der Waals surface area contributed by atoms with Gasteiger partial charge in [-0.15, -0.1) is 0 Å². The van der Waals surface area contributed by atoms with Crippen LogP contribution in [0.4, 0.5) is 0 Å². The largest absolute Gasteiger partial charge is 0.459 e. The fourth-order valence-corrected chi connectivity index (χ4v) is 4.65. The first-order chi connectivity index (χ1) is 16.6. The fraction of sp³-hybridized carbons (Fsp3) is 0.308. The number of fused-ring (bicyclic) bond motifs is 1. The summed E-state index contributed by atoms with van der Waals surface area (Å²) in [4.78, 5) is 28.8. The molecule has 1 fully saturated rings. The van der Waals surface area contributed by atoms with E-state index in [1.807, 2.05) is 18.2 Å². The number of hydrogen-bond donors (Lipinski definition) is 1. The van der Waals surface area contributed by atoms with Crippen LogP contribution < -0.4 is 14.8 Å². The Bertz CT molecular complexity index is 1160. The highest BCUT2D eigenvalue weighted by atomic mass is 35.5. The number of amides is 2. The number of ether oxygens (including phenoxy) is 2. The lowest BCUT2D eigenvalue weighted by Crippen LogP contribution is -2.45. The summed E-state index contributed by atoms with van der Waals surface area (Å²) in [6, 6.07) is 15.0. The van der Waals surface area contributed by atoms with Crippen molar-refractivity contribution in [1.29, 1.82) is 0 Å². The summed E-state index contributed by atoms with van der Waals surface area (Å²) in [6.07, 6.45) is 5.49. The molecule has 7 nitrogen and oxygen atoms in total. The molecule has 2 amide bonds. The summed E-state index contributed by atoms with van der Waals surface area (Å²) in [5, 5.41) is 3.71. The summed E-state index contributed by atoms with van der Waals surface area (Å²) in [7, 11) is 0. The normalized spacial score (nSPS) is 15.8. The van der Waals surface area contributed by atoms with Gasteiger partial charge in [0, 0.05) is 17.6 Å². The van der Waals surface area contributed by atoms with Crippen molar-refractivity contribution < 1.29 is 23.5 Å². The van der Waals surface area contributed by atoms with E-state index in [0.29, 0.717) is 22.1 Å². The van der Waals surface area contributed by atoms with Gasteiger partial charge in [-0.2, -0.15) is 0 Å². The van der Waals surface area contributed by atoms with Gasteiger partial charge in [0.1, 0.15) is 6.04 Å². The number of rotatable bonds is 7. The van der Waals surface area contributed by atoms with Gasteiger partial charge in [-0.1, -0.05) is 42.6 Å². The zero-order valence-electron chi connectivity index (χ0n) is 18.5. The molecule has 1 saturated carbocycles. The average molecular weight is 481 g/mol. The van der Waals surface area contributed by atoms with Crippen molar-refractivity contribution in [2.24, 2.45) is 0 Å². The molecule has 1 N–H and O–H groups in total. The Morgan fingerprint density at radius 3 is 2.53 bits per heavy atom. The van der Waals surface area contributed by atoms with Crippen LogP contribution in [0.15, 0.2) is 65.3 Å². The van der Waals surface area contributed by atoms with Gasteiger partial charge < -0.3 is 24.1 Å². The predicted octanol–water partition coefficient (Wildman–Crippen LogP) is 5.10. The van der Waals surface area contributed by atoms with Gasteiger partial charge in [0.25, 0.3) is 5.91 Å². The van der Waals surface area contributed by atoms with E-state index in [-0.39, 0.29) is 37.0 Å². The number of carbonyl (C=O) groups excluding carboxylic acids is 2. The molecule has 0 unspecified atom stereocenters. The second-order valence-corrected chi connectivity index (χ2v) is 8.98. The molecule has 0 saturated heterocycles. The summed E-state index contributed by atoms with van der Waals surface area (Å²) in [5.74, 6) is 0.815. The molecule has 0 spiro atoms. The Balaban J connectivity index is 1.53. The van der Waals surface area contributed by atoms with Gasteiger partial charge in [0.2, 0.25) is 12.7 Å². The SMILES string of the molecule is O=C(NC1CCCC1)[C@H](c1ccc(Cl)cc1)N(Cc1ccc2c(c1)OCO2)C(=O)c1ccco1. The van der Waals surface area contributed by atoms with E-state index in [2.05, 4.69) is 5.32 Å². The molecule has 2 heterocycles. The maximum Gasteiger partial charge on any atom is 0.290 e. The topological polar surface area (TPSA) is 81.0 Å². The minimum Gasteiger partial charge on any atom is -0.459 e. The molecule has 1 aliphatic heterocycles. The van der Waals surface area contributed by atoms with Gasteiger partial charge in [-0.25, -0.2) is 0 Å². The van der Waals surface area contributed by atoms with Crippen molar-refractivity contribution in [2.45, 2.75) is 44.3 Å². The Morgan fingerprint density at radius 2 is 1.79 bits per heavy atom. The highest BCUT2D eigenvalue weighted by Gasteiger charge is 2.35. The van der Waals surface area contributed by atoms with Crippen molar-refractivity contribution in [3.63, 3.8) is 0 Å². The first-order valence-corrected chi connectivity index (χ1v) is 11.7. The first kappa shape index (κ1) is 22.3. The van der Waals surface area contributed by atoms with Crippen molar-refractivity contribution in [3.05, 3.63) is 82.8 Å². The second kappa shape index (κ2) is 9.81. The van der Waals surface area contributed by atoms with Crippen molar-refractivity contribution in [2.75, 3.05) is 6.79 Å². The van der Waals surface area contributed by atoms with Gasteiger partial charge in [-0.3, -0.25) is 9.59 Å². The van der Waals surface area contributed by atoms with Crippen molar-refractivity contribution in [3.8, 4) is 11.5 Å². The molecule has 3 aromatic rings. The molecule has 1 atom stereocenters. The molecule has 8 heteroatoms. The summed E-state index contributed by atoms with van der Waals surface area (Å²) >= 11 is 6.12. The van der Waals surface area contributed by atoms with Gasteiger partial charge >= 0.3 is 0 Å². The number of carbonyl (C=O) groups is 2. The molecular formula is C26H25ClN2O5. The second-order valence-electron chi connectivity index (χ2n) is 8.54. The lowest BCUT2D eigenvalue weighted by Gasteiger charge is -2.32. The first-order valence-electron chi connectivity index (χ1n) is 11.4. The minimum absolute atomic E-state index is 0.105. The molecule has 0 radical (unpaired) electrons. The number of halogens is 1. The van der Waals surface area contributed by atoms with Crippen molar-refractivity contribution >= 4 is 23.4 Å². The zero-order valence-corrected chi connectivity index (χ0v) is 19.3. The van der Waals surface area contributed by atoms with Crippen LogP contribution in [0.2, 0.25) is 5.02 Å². The van der Waals surface area contributed by atoms with Crippen LogP contribution in [0.3, 0.4) is 0 Å². The summed E-state index contributed by atoms with van der Waals surface area (Å²) < 4.78 is 16.3. The standard InChI is InChI=1S/C26H25ClN2O5/c27-19-10-8-18(9-11-19)24(25(30)28-20-4-1-2-5-20)29(26(31)22-6-3-13-32-22)15-17-7-12-21-23(14-17)34-16-33-21/h3,6-14,20,24H,1-2,4-5,15-16H2,(H,28,30)/t24-/m0/s1. The predicted molar refractivity (Wildman–Crippen MR) is 126 cm³/mol. The van der Waals surface area contributed by atoms with Crippen LogP contribution in [-0.4, -0.2) is 29.5 Å². The van der Waals surface area contributed by atoms with Crippen LogP contribution in [0.1, 0.15) is 53.4 Å². The molecule has 34 heavy (non-hydrogen) atoms. The molecule has 1 aliphatic carbocycles. The van der Waals surface area contributed by atoms with E-state index >= 15 is 0 Å². The molecule has 2 aliphatic rings. The monoisotopic (exact) mass is 480 g/mol. The molecule has 1 aromatic heterocycles. The number of furan rings is 1. The van der Waals surface area contributed by atoms with Crippen molar-refractivity contribution in [1.82, 2.24) is 10.2 Å². The van der Waals surface area contributed by atoms with E-state index in [4.69, 9.17) is 25.5 Å². The van der Waals surface area contributed by atoms with E-state index in [0.717, 1.165) is 31.2 Å². The Morgan fingerprint density at radius 1 is 1.03 bits per heavy atom. The number of hydrogen-bond acceptors (Lipinski definition) is 5. The third-order valence-corrected chi connectivity index (χ3v) is 6.48. The molecule has 2 aromatic carbocycles. The molecule has 5 rings (SSSR count). The third-order valence-electron chi connectivity index (χ3n) is 6.23. The Kier molecular flexibility index (Phi) is 6.45. The highest BCUT2D eigenvalue weighted by Crippen LogP contribution is 2.34. The number of benzene rings is 2. The lowest BCUT2D eigenvalue weighted by molar-refractivity contribution is -0.126. The van der Waals surface area contributed by atoms with Gasteiger partial charge in [0.15, 0.2) is 17.3 Å². The third kappa shape index (κ3) is 4.75. The summed E-state index contributed by atoms with van der Waals surface area (Å²) in [5.41, 5.74) is 1.47. The van der Waals surface area contributed by atoms with E-state index in [1.54, 1.807) is 36.4 Å². The van der Waals surface area contributed by atoms with Gasteiger partial charge in [-0.05, 0) is 60.4 Å². The van der Waals surface area contributed by atoms with E-state index < -0.39 is 6.04 Å². The number of nitrogens with one attached hydrogen (secondary N) is 1. The van der Waals surface area contributed by atoms with Crippen LogP contribution in [0.5, 0.6) is 11.5 Å². The molecule has 176 valence electrons. The van der Waals surface area contributed by atoms with Crippen LogP contribution in [0, 0.1) is 0 Å². The fourth-order valence-electron chi connectivity index (χ4n) is 4.53. The maximum atomic E-state index is 13.7. The zero-order chi connectivity index (χ0) is 23.5.